The van der Waals surface area contributed by atoms with E-state index in [-0.39, 0.29) is 12.5 Å². The summed E-state index contributed by atoms with van der Waals surface area (Å²) in [5.41, 5.74) is 3.11. The molecule has 1 fully saturated rings. The molecule has 1 saturated heterocycles. The number of rotatable bonds is 9. The zero-order valence-corrected chi connectivity index (χ0v) is 16.9. The van der Waals surface area contributed by atoms with Crippen molar-refractivity contribution in [1.29, 1.82) is 0 Å². The molecular weight excluding hydrogens is 350 g/mol. The number of aryl methyl sites for hydroxylation is 1. The lowest BCUT2D eigenvalue weighted by Gasteiger charge is -2.23. The van der Waals surface area contributed by atoms with Crippen LogP contribution in [-0.4, -0.2) is 43.1 Å². The minimum atomic E-state index is -0.159. The molecule has 1 heterocycles. The maximum absolute atomic E-state index is 12.1. The van der Waals surface area contributed by atoms with Crippen LogP contribution in [0.1, 0.15) is 30.9 Å². The van der Waals surface area contributed by atoms with Crippen LogP contribution in [0, 0.1) is 6.92 Å². The van der Waals surface area contributed by atoms with Gasteiger partial charge in [0.2, 0.25) is 0 Å². The molecule has 0 aromatic heterocycles. The molecule has 150 valence electrons. The van der Waals surface area contributed by atoms with Gasteiger partial charge in [0.05, 0.1) is 0 Å². The van der Waals surface area contributed by atoms with Crippen molar-refractivity contribution in [3.05, 3.63) is 59.7 Å². The number of carbonyl (C=O) groups is 1. The second-order valence-corrected chi connectivity index (χ2v) is 7.41. The normalized spacial score (nSPS) is 16.9. The van der Waals surface area contributed by atoms with Gasteiger partial charge in [-0.3, -0.25) is 9.69 Å². The average Bonchev–Trinajstić information content (AvgIpc) is 3.16. The Bertz CT molecular complexity index is 761. The Balaban J connectivity index is 1.42. The number of carbonyl (C=O) groups excluding carboxylic acids is 1. The van der Waals surface area contributed by atoms with Crippen LogP contribution < -0.4 is 15.4 Å². The minimum Gasteiger partial charge on any atom is -0.484 e. The van der Waals surface area contributed by atoms with Crippen LogP contribution in [0.3, 0.4) is 0 Å². The summed E-state index contributed by atoms with van der Waals surface area (Å²) in [7, 11) is 0. The van der Waals surface area contributed by atoms with Crippen LogP contribution in [0.15, 0.2) is 48.5 Å². The molecule has 0 bridgehead atoms. The first-order valence-corrected chi connectivity index (χ1v) is 10.2. The fourth-order valence-electron chi connectivity index (χ4n) is 3.65. The smallest absolute Gasteiger partial charge is 0.262 e. The van der Waals surface area contributed by atoms with Gasteiger partial charge in [0.25, 0.3) is 5.91 Å². The number of anilines is 1. The lowest BCUT2D eigenvalue weighted by molar-refractivity contribution is -0.118. The maximum atomic E-state index is 12.1. The van der Waals surface area contributed by atoms with Crippen LogP contribution in [0.5, 0.6) is 5.75 Å². The molecule has 1 aliphatic rings. The Hall–Kier alpha value is -2.37. The van der Waals surface area contributed by atoms with Crippen LogP contribution in [0.4, 0.5) is 5.69 Å². The highest BCUT2D eigenvalue weighted by molar-refractivity contribution is 5.91. The molecule has 0 saturated carbocycles. The molecule has 0 radical (unpaired) electrons. The average molecular weight is 382 g/mol. The summed E-state index contributed by atoms with van der Waals surface area (Å²) in [6.07, 6.45) is 2.58. The molecule has 1 atom stereocenters. The zero-order chi connectivity index (χ0) is 19.8. The molecule has 5 nitrogen and oxygen atoms in total. The molecule has 1 amide bonds. The summed E-state index contributed by atoms with van der Waals surface area (Å²) in [5.74, 6) is 0.558. The highest BCUT2D eigenvalue weighted by Crippen LogP contribution is 2.17. The third-order valence-electron chi connectivity index (χ3n) is 5.22. The van der Waals surface area contributed by atoms with E-state index < -0.39 is 0 Å². The number of benzene rings is 2. The first-order valence-electron chi connectivity index (χ1n) is 10.2. The van der Waals surface area contributed by atoms with Gasteiger partial charge in [-0.2, -0.15) is 0 Å². The zero-order valence-electron chi connectivity index (χ0n) is 16.9. The molecule has 3 rings (SSSR count). The Morgan fingerprint density at radius 3 is 2.82 bits per heavy atom. The first-order chi connectivity index (χ1) is 13.6. The lowest BCUT2D eigenvalue weighted by atomic mass is 10.2. The third kappa shape index (κ3) is 6.08. The molecule has 2 aromatic carbocycles. The fourth-order valence-corrected chi connectivity index (χ4v) is 3.65. The monoisotopic (exact) mass is 381 g/mol. The minimum absolute atomic E-state index is 0.00169. The third-order valence-corrected chi connectivity index (χ3v) is 5.22. The van der Waals surface area contributed by atoms with E-state index in [2.05, 4.69) is 28.5 Å². The Morgan fingerprint density at radius 2 is 2.04 bits per heavy atom. The molecule has 5 heteroatoms. The SMILES string of the molecule is CCN1CCC[C@H]1CNCc1cccc(OCC(=O)Nc2ccc(C)cc2)c1. The van der Waals surface area contributed by atoms with Crippen LogP contribution in [-0.2, 0) is 11.3 Å². The lowest BCUT2D eigenvalue weighted by Crippen LogP contribution is -2.37. The standard InChI is InChI=1S/C23H31N3O2/c1-3-26-13-5-7-21(26)16-24-15-19-6-4-8-22(14-19)28-17-23(27)25-20-11-9-18(2)10-12-20/h4,6,8-12,14,21,24H,3,5,7,13,15-17H2,1-2H3,(H,25,27)/t21-/m0/s1. The second kappa shape index (κ2) is 10.2. The number of ether oxygens (including phenoxy) is 1. The van der Waals surface area contributed by atoms with Gasteiger partial charge in [-0.15, -0.1) is 0 Å². The summed E-state index contributed by atoms with van der Waals surface area (Å²) in [6, 6.07) is 16.3. The van der Waals surface area contributed by atoms with Gasteiger partial charge >= 0.3 is 0 Å². The number of likely N-dealkylation sites (N-methyl/N-ethyl adjacent to an activating group) is 1. The Kier molecular flexibility index (Phi) is 7.46. The van der Waals surface area contributed by atoms with Gasteiger partial charge in [-0.05, 0) is 62.7 Å². The quantitative estimate of drug-likeness (QED) is 0.697. The maximum Gasteiger partial charge on any atom is 0.262 e. The first kappa shape index (κ1) is 20.4. The molecule has 0 spiro atoms. The van der Waals surface area contributed by atoms with Crippen LogP contribution in [0.2, 0.25) is 0 Å². The number of likely N-dealkylation sites (tertiary alicyclic amines) is 1. The molecule has 2 N–H and O–H groups in total. The summed E-state index contributed by atoms with van der Waals surface area (Å²) < 4.78 is 5.67. The van der Waals surface area contributed by atoms with Crippen LogP contribution >= 0.6 is 0 Å². The highest BCUT2D eigenvalue weighted by atomic mass is 16.5. The Morgan fingerprint density at radius 1 is 1.21 bits per heavy atom. The van der Waals surface area contributed by atoms with E-state index in [0.717, 1.165) is 42.2 Å². The van der Waals surface area contributed by atoms with E-state index in [9.17, 15) is 4.79 Å². The van der Waals surface area contributed by atoms with Crippen molar-refractivity contribution in [3.63, 3.8) is 0 Å². The molecule has 28 heavy (non-hydrogen) atoms. The van der Waals surface area contributed by atoms with E-state index >= 15 is 0 Å². The van der Waals surface area contributed by atoms with Gasteiger partial charge in [-0.25, -0.2) is 0 Å². The van der Waals surface area contributed by atoms with Crippen molar-refractivity contribution in [3.8, 4) is 5.75 Å². The van der Waals surface area contributed by atoms with E-state index in [0.29, 0.717) is 6.04 Å². The van der Waals surface area contributed by atoms with Crippen molar-refractivity contribution in [2.45, 2.75) is 39.3 Å². The second-order valence-electron chi connectivity index (χ2n) is 7.41. The van der Waals surface area contributed by atoms with E-state index in [4.69, 9.17) is 4.74 Å². The summed E-state index contributed by atoms with van der Waals surface area (Å²) in [6.45, 7) is 8.41. The highest BCUT2D eigenvalue weighted by Gasteiger charge is 2.22. The van der Waals surface area contributed by atoms with Crippen molar-refractivity contribution >= 4 is 11.6 Å². The Labute approximate surface area is 168 Å². The van der Waals surface area contributed by atoms with Gasteiger partial charge in [-0.1, -0.05) is 36.8 Å². The summed E-state index contributed by atoms with van der Waals surface area (Å²) in [4.78, 5) is 14.6. The number of nitrogens with one attached hydrogen (secondary N) is 2. The van der Waals surface area contributed by atoms with Crippen molar-refractivity contribution < 1.29 is 9.53 Å². The number of hydrogen-bond donors (Lipinski definition) is 2. The largest absolute Gasteiger partial charge is 0.484 e. The van der Waals surface area contributed by atoms with Gasteiger partial charge < -0.3 is 15.4 Å². The predicted octanol–water partition coefficient (Wildman–Crippen LogP) is 3.59. The number of amides is 1. The van der Waals surface area contributed by atoms with Crippen molar-refractivity contribution in [1.82, 2.24) is 10.2 Å². The van der Waals surface area contributed by atoms with Gasteiger partial charge in [0, 0.05) is 24.8 Å². The number of nitrogens with zero attached hydrogens (tertiary/aromatic N) is 1. The molecular formula is C23H31N3O2. The van der Waals surface area contributed by atoms with E-state index in [1.807, 2.05) is 49.4 Å². The number of hydrogen-bond acceptors (Lipinski definition) is 4. The fraction of sp³-hybridized carbons (Fsp3) is 0.435. The molecule has 0 unspecified atom stereocenters. The van der Waals surface area contributed by atoms with Crippen LogP contribution in [0.25, 0.3) is 0 Å². The predicted molar refractivity (Wildman–Crippen MR) is 114 cm³/mol. The summed E-state index contributed by atoms with van der Waals surface area (Å²) in [5, 5.41) is 6.41. The molecule has 2 aromatic rings. The van der Waals surface area contributed by atoms with Crippen molar-refractivity contribution in [2.75, 3.05) is 31.6 Å². The molecule has 0 aliphatic carbocycles. The topological polar surface area (TPSA) is 53.6 Å². The van der Waals surface area contributed by atoms with Gasteiger partial charge in [0.15, 0.2) is 6.61 Å². The summed E-state index contributed by atoms with van der Waals surface area (Å²) >= 11 is 0. The van der Waals surface area contributed by atoms with E-state index in [1.54, 1.807) is 0 Å². The van der Waals surface area contributed by atoms with Crippen molar-refractivity contribution in [2.24, 2.45) is 0 Å². The van der Waals surface area contributed by atoms with Gasteiger partial charge in [0.1, 0.15) is 5.75 Å². The molecule has 1 aliphatic heterocycles. The van der Waals surface area contributed by atoms with E-state index in [1.165, 1.54) is 19.4 Å².